The summed E-state index contributed by atoms with van der Waals surface area (Å²) >= 11 is 0. The zero-order valence-corrected chi connectivity index (χ0v) is 32.3. The van der Waals surface area contributed by atoms with Crippen molar-refractivity contribution in [2.45, 2.75) is 39.9 Å². The van der Waals surface area contributed by atoms with E-state index in [4.69, 9.17) is 14.0 Å². The van der Waals surface area contributed by atoms with Crippen LogP contribution >= 0.6 is 7.60 Å². The highest BCUT2D eigenvalue weighted by molar-refractivity contribution is 7.53. The largest absolute Gasteiger partial charge is 0.337 e. The Hall–Kier alpha value is -5.66. The highest BCUT2D eigenvalue weighted by Gasteiger charge is 2.25. The van der Waals surface area contributed by atoms with Crippen LogP contribution < -0.4 is 18.3 Å². The predicted octanol–water partition coefficient (Wildman–Crippen LogP) is 7.49. The second kappa shape index (κ2) is 16.4. The first-order valence-electron chi connectivity index (χ1n) is 19.0. The summed E-state index contributed by atoms with van der Waals surface area (Å²) in [5.74, 6) is 0. The minimum absolute atomic E-state index is 0.340. The molecule has 0 saturated heterocycles. The Morgan fingerprint density at radius 1 is 0.564 bits per heavy atom. The highest BCUT2D eigenvalue weighted by Crippen LogP contribution is 2.47. The van der Waals surface area contributed by atoms with Crippen molar-refractivity contribution in [3.8, 4) is 39.1 Å². The molecule has 8 nitrogen and oxygen atoms in total. The van der Waals surface area contributed by atoms with Crippen LogP contribution in [0.3, 0.4) is 0 Å². The second-order valence-corrected chi connectivity index (χ2v) is 16.0. The van der Waals surface area contributed by atoms with Gasteiger partial charge in [0.25, 0.3) is 0 Å². The van der Waals surface area contributed by atoms with E-state index in [1.807, 2.05) is 30.8 Å². The molecule has 0 fully saturated rings. The number of fused-ring (bicyclic) bond motifs is 3. The number of aryl methyl sites for hydroxylation is 1. The number of nitrogens with zero attached hydrogens (tertiary/aromatic N) is 5. The van der Waals surface area contributed by atoms with Crippen LogP contribution in [-0.4, -0.2) is 24.4 Å². The van der Waals surface area contributed by atoms with Crippen LogP contribution in [0, 0.1) is 0 Å². The lowest BCUT2D eigenvalue weighted by molar-refractivity contribution is -0.692. The van der Waals surface area contributed by atoms with E-state index in [2.05, 4.69) is 160 Å². The summed E-state index contributed by atoms with van der Waals surface area (Å²) in [4.78, 5) is 4.98. The Morgan fingerprint density at radius 2 is 1.07 bits per heavy atom. The molecule has 0 unspecified atom stereocenters. The lowest BCUT2D eigenvalue weighted by atomic mass is 10.1. The molecule has 0 amide bonds. The van der Waals surface area contributed by atoms with Gasteiger partial charge in [0.05, 0.1) is 13.2 Å². The van der Waals surface area contributed by atoms with E-state index in [-0.39, 0.29) is 0 Å². The topological polar surface area (TPSA) is 63.9 Å². The van der Waals surface area contributed by atoms with E-state index in [0.29, 0.717) is 39.0 Å². The number of hydrogen-bond donors (Lipinski definition) is 0. The van der Waals surface area contributed by atoms with Gasteiger partial charge >= 0.3 is 7.60 Å². The molecule has 0 aliphatic heterocycles. The molecule has 0 bridgehead atoms. The standard InChI is InChI=1S/C46H46N5O3P/c1-3-53-55(52,54-4-2)31-30-48-22-14-36(15-23-48)37-16-24-49(25-17-37)34-42-9-7-10-43(47-42)35-50-26-18-38(19-27-50)39-20-28-51(29-21-39)44-12-13-46-41(33-44)32-40-8-5-6-11-45(40)46/h5-29,33H,3-4,30-32,34-35H2,1-2H3/q+4. The molecule has 7 aromatic rings. The SMILES string of the molecule is CCOP(=O)(CC[n+]1ccc(-c2cc[n+](Cc3cccc(C[n+]4ccc(-c5cc[n+](-c6ccc7c(c6)Cc6ccccc6-7)cc5)cc4)n3)cc2)cc1)OCC. The lowest BCUT2D eigenvalue weighted by Crippen LogP contribution is -2.35. The van der Waals surface area contributed by atoms with Crippen molar-refractivity contribution in [1.29, 1.82) is 0 Å². The van der Waals surface area contributed by atoms with Gasteiger partial charge in [-0.1, -0.05) is 30.3 Å². The summed E-state index contributed by atoms with van der Waals surface area (Å²) in [5.41, 5.74) is 13.3. The number of pyridine rings is 5. The van der Waals surface area contributed by atoms with E-state index < -0.39 is 7.60 Å². The first-order valence-corrected chi connectivity index (χ1v) is 20.7. The van der Waals surface area contributed by atoms with E-state index in [1.165, 1.54) is 39.1 Å². The number of aromatic nitrogens is 5. The highest BCUT2D eigenvalue weighted by atomic mass is 31.2. The van der Waals surface area contributed by atoms with Crippen molar-refractivity contribution < 1.29 is 31.9 Å². The van der Waals surface area contributed by atoms with Crippen molar-refractivity contribution >= 4 is 7.60 Å². The first kappa shape index (κ1) is 36.3. The fraction of sp³-hybridized carbons (Fsp3) is 0.196. The summed E-state index contributed by atoms with van der Waals surface area (Å²) in [7, 11) is -3.07. The van der Waals surface area contributed by atoms with Crippen molar-refractivity contribution in [1.82, 2.24) is 4.98 Å². The first-order chi connectivity index (χ1) is 26.9. The van der Waals surface area contributed by atoms with E-state index in [1.54, 1.807) is 0 Å². The molecule has 0 atom stereocenters. The third-order valence-corrected chi connectivity index (χ3v) is 12.1. The summed E-state index contributed by atoms with van der Waals surface area (Å²) in [6, 6.07) is 38.8. The Bertz CT molecular complexity index is 2440. The molecule has 1 aliphatic rings. The van der Waals surface area contributed by atoms with Crippen LogP contribution in [0.1, 0.15) is 36.4 Å². The maximum atomic E-state index is 12.8. The maximum absolute atomic E-state index is 12.8. The zero-order valence-electron chi connectivity index (χ0n) is 31.4. The van der Waals surface area contributed by atoms with Gasteiger partial charge in [-0.15, -0.1) is 0 Å². The molecule has 0 N–H and O–H groups in total. The Balaban J connectivity index is 0.859. The van der Waals surface area contributed by atoms with E-state index in [9.17, 15) is 4.57 Å². The molecular weight excluding hydrogens is 702 g/mol. The predicted molar refractivity (Wildman–Crippen MR) is 212 cm³/mol. The Kier molecular flexibility index (Phi) is 10.8. The van der Waals surface area contributed by atoms with Gasteiger partial charge in [0.2, 0.25) is 5.69 Å². The Labute approximate surface area is 323 Å². The number of rotatable bonds is 14. The van der Waals surface area contributed by atoms with Gasteiger partial charge in [-0.2, -0.15) is 13.7 Å². The fourth-order valence-electron chi connectivity index (χ4n) is 7.27. The quantitative estimate of drug-likeness (QED) is 0.0855. The zero-order chi connectivity index (χ0) is 37.6. The minimum Gasteiger partial charge on any atom is -0.309 e. The maximum Gasteiger partial charge on any atom is 0.337 e. The van der Waals surface area contributed by atoms with Crippen molar-refractivity contribution in [3.05, 3.63) is 181 Å². The third kappa shape index (κ3) is 8.53. The molecule has 0 spiro atoms. The van der Waals surface area contributed by atoms with Gasteiger partial charge < -0.3 is 9.05 Å². The van der Waals surface area contributed by atoms with Gasteiger partial charge in [0, 0.05) is 60.7 Å². The summed E-state index contributed by atoms with van der Waals surface area (Å²) in [5, 5.41) is 0. The van der Waals surface area contributed by atoms with Crippen LogP contribution in [0.5, 0.6) is 0 Å². The number of benzene rings is 2. The van der Waals surface area contributed by atoms with Crippen molar-refractivity contribution in [2.75, 3.05) is 19.4 Å². The fourth-order valence-corrected chi connectivity index (χ4v) is 8.86. The van der Waals surface area contributed by atoms with Gasteiger partial charge in [0.1, 0.15) is 17.5 Å². The molecule has 5 heterocycles. The molecule has 0 radical (unpaired) electrons. The normalized spacial score (nSPS) is 12.0. The average molecular weight is 748 g/mol. The van der Waals surface area contributed by atoms with Gasteiger partial charge in [-0.3, -0.25) is 4.57 Å². The van der Waals surface area contributed by atoms with E-state index in [0.717, 1.165) is 28.9 Å². The molecular formula is C46H46N5O3P+4. The minimum atomic E-state index is -3.07. The summed E-state index contributed by atoms with van der Waals surface area (Å²) in [6.45, 7) is 6.34. The van der Waals surface area contributed by atoms with Gasteiger partial charge in [-0.25, -0.2) is 9.55 Å². The van der Waals surface area contributed by atoms with Crippen LogP contribution in [0.4, 0.5) is 0 Å². The summed E-state index contributed by atoms with van der Waals surface area (Å²) < 4.78 is 32.2. The van der Waals surface area contributed by atoms with Crippen molar-refractivity contribution in [2.24, 2.45) is 0 Å². The average Bonchev–Trinajstić information content (AvgIpc) is 3.59. The molecule has 9 heteroatoms. The molecule has 0 saturated carbocycles. The van der Waals surface area contributed by atoms with Crippen molar-refractivity contribution in [3.63, 3.8) is 0 Å². The van der Waals surface area contributed by atoms with Crippen LogP contribution in [-0.2, 0) is 39.7 Å². The van der Waals surface area contributed by atoms with Gasteiger partial charge in [-0.05, 0) is 83.0 Å². The molecule has 5 aromatic heterocycles. The van der Waals surface area contributed by atoms with Crippen LogP contribution in [0.15, 0.2) is 159 Å². The van der Waals surface area contributed by atoms with Gasteiger partial charge in [0.15, 0.2) is 69.2 Å². The number of hydrogen-bond acceptors (Lipinski definition) is 4. The molecule has 1 aliphatic carbocycles. The monoisotopic (exact) mass is 747 g/mol. The second-order valence-electron chi connectivity index (χ2n) is 13.8. The lowest BCUT2D eigenvalue weighted by Gasteiger charge is -2.15. The molecule has 274 valence electrons. The molecule has 55 heavy (non-hydrogen) atoms. The summed E-state index contributed by atoms with van der Waals surface area (Å²) in [6.07, 6.45) is 18.1. The smallest absolute Gasteiger partial charge is 0.309 e. The third-order valence-electron chi connectivity index (χ3n) is 10.1. The Morgan fingerprint density at radius 3 is 1.64 bits per heavy atom. The van der Waals surface area contributed by atoms with E-state index >= 15 is 0 Å². The molecule has 8 rings (SSSR count). The molecule has 2 aromatic carbocycles. The van der Waals surface area contributed by atoms with Crippen LogP contribution in [0.25, 0.3) is 39.1 Å². The van der Waals surface area contributed by atoms with Crippen LogP contribution in [0.2, 0.25) is 0 Å².